The maximum Gasteiger partial charge on any atom is 0.196 e. The van der Waals surface area contributed by atoms with Gasteiger partial charge < -0.3 is 10.2 Å². The van der Waals surface area contributed by atoms with Crippen LogP contribution in [0.25, 0.3) is 11.3 Å². The minimum Gasteiger partial charge on any atom is -0.445 e. The second kappa shape index (κ2) is 5.10. The van der Waals surface area contributed by atoms with E-state index in [1.54, 1.807) is 18.2 Å². The Kier molecular flexibility index (Phi) is 3.54. The van der Waals surface area contributed by atoms with Crippen LogP contribution in [0.2, 0.25) is 0 Å². The summed E-state index contributed by atoms with van der Waals surface area (Å²) in [5.74, 6) is 0.996. The van der Waals surface area contributed by atoms with Gasteiger partial charge in [0, 0.05) is 24.9 Å². The fraction of sp³-hybridized carbons (Fsp3) is 0.308. The molecule has 1 aromatic carbocycles. The first-order chi connectivity index (χ1) is 8.26. The van der Waals surface area contributed by atoms with Crippen molar-refractivity contribution < 1.29 is 8.81 Å². The normalized spacial score (nSPS) is 10.8. The van der Waals surface area contributed by atoms with E-state index in [1.165, 1.54) is 6.07 Å². The summed E-state index contributed by atoms with van der Waals surface area (Å²) in [5, 5.41) is 0. The van der Waals surface area contributed by atoms with Crippen molar-refractivity contribution in [3.63, 3.8) is 0 Å². The molecule has 0 aliphatic carbocycles. The molecule has 90 valence electrons. The van der Waals surface area contributed by atoms with Gasteiger partial charge in [-0.2, -0.15) is 0 Å². The summed E-state index contributed by atoms with van der Waals surface area (Å²) in [4.78, 5) is 4.32. The van der Waals surface area contributed by atoms with Crippen LogP contribution in [-0.4, -0.2) is 11.5 Å². The van der Waals surface area contributed by atoms with Gasteiger partial charge >= 0.3 is 0 Å². The number of hydrogen-bond acceptors (Lipinski definition) is 3. The quantitative estimate of drug-likeness (QED) is 0.884. The third-order valence-electron chi connectivity index (χ3n) is 2.55. The predicted molar refractivity (Wildman–Crippen MR) is 64.0 cm³/mol. The molecule has 0 aliphatic heterocycles. The largest absolute Gasteiger partial charge is 0.445 e. The summed E-state index contributed by atoms with van der Waals surface area (Å²) in [6.45, 7) is 2.43. The molecule has 1 aromatic heterocycles. The second-order valence-corrected chi connectivity index (χ2v) is 3.75. The highest BCUT2D eigenvalue weighted by Crippen LogP contribution is 2.26. The van der Waals surface area contributed by atoms with E-state index in [4.69, 9.17) is 10.2 Å². The van der Waals surface area contributed by atoms with E-state index >= 15 is 0 Å². The lowest BCUT2D eigenvalue weighted by Gasteiger charge is -1.99. The number of halogens is 1. The second-order valence-electron chi connectivity index (χ2n) is 3.75. The van der Waals surface area contributed by atoms with Crippen LogP contribution in [-0.2, 0) is 12.8 Å². The Morgan fingerprint density at radius 2 is 2.12 bits per heavy atom. The van der Waals surface area contributed by atoms with Crippen LogP contribution in [0.1, 0.15) is 18.6 Å². The first kappa shape index (κ1) is 11.8. The van der Waals surface area contributed by atoms with Gasteiger partial charge in [0.05, 0.1) is 0 Å². The van der Waals surface area contributed by atoms with Crippen molar-refractivity contribution in [2.24, 2.45) is 5.73 Å². The van der Waals surface area contributed by atoms with Crippen molar-refractivity contribution in [3.8, 4) is 11.3 Å². The van der Waals surface area contributed by atoms with Crippen LogP contribution < -0.4 is 5.73 Å². The number of aryl methyl sites for hydroxylation is 1. The molecule has 0 radical (unpaired) electrons. The van der Waals surface area contributed by atoms with Gasteiger partial charge in [-0.1, -0.05) is 19.1 Å². The Morgan fingerprint density at radius 1 is 1.35 bits per heavy atom. The van der Waals surface area contributed by atoms with Gasteiger partial charge in [0.1, 0.15) is 17.3 Å². The highest BCUT2D eigenvalue weighted by atomic mass is 19.1. The Balaban J connectivity index is 2.47. The molecule has 0 amide bonds. The molecule has 0 spiro atoms. The van der Waals surface area contributed by atoms with Crippen LogP contribution in [0.15, 0.2) is 28.7 Å². The average molecular weight is 234 g/mol. The zero-order valence-electron chi connectivity index (χ0n) is 9.74. The van der Waals surface area contributed by atoms with Gasteiger partial charge in [-0.3, -0.25) is 0 Å². The third kappa shape index (κ3) is 2.36. The number of benzene rings is 1. The monoisotopic (exact) mass is 234 g/mol. The maximum atomic E-state index is 13.7. The molecule has 1 heterocycles. The van der Waals surface area contributed by atoms with E-state index in [2.05, 4.69) is 4.98 Å². The van der Waals surface area contributed by atoms with Gasteiger partial charge in [0.25, 0.3) is 0 Å². The highest BCUT2D eigenvalue weighted by molar-refractivity contribution is 5.62. The molecule has 0 aliphatic rings. The van der Waals surface area contributed by atoms with Crippen molar-refractivity contribution in [1.82, 2.24) is 4.98 Å². The van der Waals surface area contributed by atoms with Crippen molar-refractivity contribution in [3.05, 3.63) is 41.7 Å². The first-order valence-electron chi connectivity index (χ1n) is 5.69. The van der Waals surface area contributed by atoms with Crippen LogP contribution >= 0.6 is 0 Å². The summed E-state index contributed by atoms with van der Waals surface area (Å²) in [7, 11) is 0. The molecule has 4 heteroatoms. The molecular formula is C13H15FN2O. The van der Waals surface area contributed by atoms with E-state index in [-0.39, 0.29) is 5.82 Å². The Bertz CT molecular complexity index is 508. The molecule has 0 fully saturated rings. The summed E-state index contributed by atoms with van der Waals surface area (Å²) in [6.07, 6.45) is 1.25. The lowest BCUT2D eigenvalue weighted by molar-refractivity contribution is 0.460. The summed E-state index contributed by atoms with van der Waals surface area (Å²) < 4.78 is 19.2. The Morgan fingerprint density at radius 3 is 2.76 bits per heavy atom. The topological polar surface area (TPSA) is 52.0 Å². The van der Waals surface area contributed by atoms with E-state index in [1.807, 2.05) is 6.92 Å². The van der Waals surface area contributed by atoms with Gasteiger partial charge in [-0.15, -0.1) is 0 Å². The van der Waals surface area contributed by atoms with Gasteiger partial charge in [0.15, 0.2) is 5.89 Å². The summed E-state index contributed by atoms with van der Waals surface area (Å²) in [5.41, 5.74) is 6.53. The zero-order valence-corrected chi connectivity index (χ0v) is 9.74. The maximum absolute atomic E-state index is 13.7. The lowest BCUT2D eigenvalue weighted by atomic mass is 10.1. The van der Waals surface area contributed by atoms with E-state index in [9.17, 15) is 4.39 Å². The molecule has 2 rings (SSSR count). The molecule has 0 saturated carbocycles. The predicted octanol–water partition coefficient (Wildman–Crippen LogP) is 2.54. The smallest absolute Gasteiger partial charge is 0.196 e. The number of oxazole rings is 1. The van der Waals surface area contributed by atoms with Gasteiger partial charge in [-0.05, 0) is 12.1 Å². The van der Waals surface area contributed by atoms with E-state index < -0.39 is 0 Å². The Labute approximate surface area is 99.5 Å². The van der Waals surface area contributed by atoms with Crippen LogP contribution in [0.5, 0.6) is 0 Å². The molecule has 2 N–H and O–H groups in total. The van der Waals surface area contributed by atoms with Gasteiger partial charge in [0.2, 0.25) is 0 Å². The van der Waals surface area contributed by atoms with Crippen molar-refractivity contribution in [2.75, 3.05) is 6.54 Å². The highest BCUT2D eigenvalue weighted by Gasteiger charge is 2.15. The number of nitrogens with two attached hydrogens (primary N) is 1. The number of nitrogens with zero attached hydrogens (tertiary/aromatic N) is 1. The zero-order chi connectivity index (χ0) is 12.3. The van der Waals surface area contributed by atoms with Crippen molar-refractivity contribution in [2.45, 2.75) is 19.8 Å². The van der Waals surface area contributed by atoms with Crippen LogP contribution in [0.4, 0.5) is 4.39 Å². The van der Waals surface area contributed by atoms with Crippen LogP contribution in [0.3, 0.4) is 0 Å². The third-order valence-corrected chi connectivity index (χ3v) is 2.55. The first-order valence-corrected chi connectivity index (χ1v) is 5.69. The average Bonchev–Trinajstić information content (AvgIpc) is 2.73. The molecule has 0 saturated heterocycles. The standard InChI is InChI=1S/C13H15FN2O/c1-2-11-13(16-12(17-11)7-8-15)9-5-3-4-6-10(9)14/h3-6H,2,7-8,15H2,1H3. The minimum atomic E-state index is -0.283. The summed E-state index contributed by atoms with van der Waals surface area (Å²) >= 11 is 0. The molecule has 3 nitrogen and oxygen atoms in total. The molecule has 2 aromatic rings. The number of aromatic nitrogens is 1. The summed E-state index contributed by atoms with van der Waals surface area (Å²) in [6, 6.07) is 6.57. The van der Waals surface area contributed by atoms with E-state index in [0.717, 1.165) is 0 Å². The minimum absolute atomic E-state index is 0.283. The van der Waals surface area contributed by atoms with Crippen LogP contribution in [0, 0.1) is 5.82 Å². The number of hydrogen-bond donors (Lipinski definition) is 1. The molecule has 0 atom stereocenters. The van der Waals surface area contributed by atoms with Crippen molar-refractivity contribution >= 4 is 0 Å². The molecular weight excluding hydrogens is 219 g/mol. The fourth-order valence-electron chi connectivity index (χ4n) is 1.73. The molecule has 0 unspecified atom stereocenters. The molecule has 0 bridgehead atoms. The van der Waals surface area contributed by atoms with Crippen molar-refractivity contribution in [1.29, 1.82) is 0 Å². The number of rotatable bonds is 4. The molecule has 17 heavy (non-hydrogen) atoms. The SMILES string of the molecule is CCc1oc(CCN)nc1-c1ccccc1F. The van der Waals surface area contributed by atoms with Gasteiger partial charge in [-0.25, -0.2) is 9.37 Å². The van der Waals surface area contributed by atoms with E-state index in [0.29, 0.717) is 42.3 Å². The lowest BCUT2D eigenvalue weighted by Crippen LogP contribution is -2.02. The fourth-order valence-corrected chi connectivity index (χ4v) is 1.73. The Hall–Kier alpha value is -1.68.